The maximum Gasteiger partial charge on any atom is 0.229 e. The van der Waals surface area contributed by atoms with Gasteiger partial charge in [-0.2, -0.15) is 0 Å². The van der Waals surface area contributed by atoms with E-state index in [9.17, 15) is 9.59 Å². The van der Waals surface area contributed by atoms with Crippen LogP contribution in [0.15, 0.2) is 18.2 Å². The number of hydrogen-bond acceptors (Lipinski definition) is 4. The van der Waals surface area contributed by atoms with E-state index >= 15 is 0 Å². The molecular formula is C16H20N2O4. The molecule has 0 aromatic heterocycles. The van der Waals surface area contributed by atoms with Gasteiger partial charge < -0.3 is 19.7 Å². The molecule has 1 aromatic rings. The van der Waals surface area contributed by atoms with E-state index < -0.39 is 0 Å². The van der Waals surface area contributed by atoms with E-state index in [4.69, 9.17) is 9.47 Å². The first-order valence-electron chi connectivity index (χ1n) is 7.55. The Morgan fingerprint density at radius 3 is 2.73 bits per heavy atom. The summed E-state index contributed by atoms with van der Waals surface area (Å²) >= 11 is 0. The van der Waals surface area contributed by atoms with Crippen molar-refractivity contribution in [1.29, 1.82) is 0 Å². The summed E-state index contributed by atoms with van der Waals surface area (Å²) < 4.78 is 11.0. The number of ether oxygens (including phenoxy) is 2. The summed E-state index contributed by atoms with van der Waals surface area (Å²) in [6.07, 6.45) is 0.326. The minimum Gasteiger partial charge on any atom is -0.486 e. The first-order valence-corrected chi connectivity index (χ1v) is 7.55. The van der Waals surface area contributed by atoms with E-state index in [-0.39, 0.29) is 23.8 Å². The van der Waals surface area contributed by atoms with Gasteiger partial charge in [-0.15, -0.1) is 0 Å². The molecule has 22 heavy (non-hydrogen) atoms. The van der Waals surface area contributed by atoms with Gasteiger partial charge in [-0.3, -0.25) is 9.59 Å². The fraction of sp³-hybridized carbons (Fsp3) is 0.500. The highest BCUT2D eigenvalue weighted by Gasteiger charge is 2.32. The van der Waals surface area contributed by atoms with Gasteiger partial charge in [-0.05, 0) is 12.1 Å². The van der Waals surface area contributed by atoms with Crippen LogP contribution in [0, 0.1) is 5.92 Å². The van der Waals surface area contributed by atoms with Crippen molar-refractivity contribution in [2.75, 3.05) is 24.7 Å². The average Bonchev–Trinajstić information content (AvgIpc) is 2.87. The lowest BCUT2D eigenvalue weighted by molar-refractivity contribution is -0.124. The van der Waals surface area contributed by atoms with Crippen molar-refractivity contribution in [3.63, 3.8) is 0 Å². The molecule has 2 aliphatic rings. The topological polar surface area (TPSA) is 67.9 Å². The van der Waals surface area contributed by atoms with Crippen molar-refractivity contribution in [2.45, 2.75) is 26.3 Å². The standard InChI is InChI=1S/C16H20N2O4/c1-10(2)16(20)17-11-7-15(19)18(9-11)12-3-4-13-14(8-12)22-6-5-21-13/h3-4,8,10-11H,5-7,9H2,1-2H3,(H,17,20)/t11-/m1/s1. The third kappa shape index (κ3) is 2.86. The summed E-state index contributed by atoms with van der Waals surface area (Å²) in [4.78, 5) is 25.7. The van der Waals surface area contributed by atoms with Crippen molar-refractivity contribution >= 4 is 17.5 Å². The van der Waals surface area contributed by atoms with Crippen molar-refractivity contribution in [3.05, 3.63) is 18.2 Å². The van der Waals surface area contributed by atoms with Gasteiger partial charge in [-0.25, -0.2) is 0 Å². The molecule has 3 rings (SSSR count). The average molecular weight is 304 g/mol. The number of fused-ring (bicyclic) bond motifs is 1. The fourth-order valence-corrected chi connectivity index (χ4v) is 2.62. The number of benzene rings is 1. The Hall–Kier alpha value is -2.24. The van der Waals surface area contributed by atoms with Crippen LogP contribution in [-0.2, 0) is 9.59 Å². The second-order valence-electron chi connectivity index (χ2n) is 5.90. The SMILES string of the molecule is CC(C)C(=O)N[C@@H]1CC(=O)N(c2ccc3c(c2)OCCO3)C1. The summed E-state index contributed by atoms with van der Waals surface area (Å²) in [5.41, 5.74) is 0.774. The van der Waals surface area contributed by atoms with Crippen LogP contribution in [0.2, 0.25) is 0 Å². The zero-order valence-corrected chi connectivity index (χ0v) is 12.8. The Morgan fingerprint density at radius 2 is 2.00 bits per heavy atom. The predicted octanol–water partition coefficient (Wildman–Crippen LogP) is 1.34. The summed E-state index contributed by atoms with van der Waals surface area (Å²) in [5, 5.41) is 2.91. The molecule has 6 nitrogen and oxygen atoms in total. The van der Waals surface area contributed by atoms with Crippen LogP contribution in [0.5, 0.6) is 11.5 Å². The molecule has 1 atom stereocenters. The zero-order valence-electron chi connectivity index (χ0n) is 12.8. The normalized spacial score (nSPS) is 20.4. The van der Waals surface area contributed by atoms with Crippen LogP contribution < -0.4 is 19.7 Å². The molecule has 2 aliphatic heterocycles. The quantitative estimate of drug-likeness (QED) is 0.915. The molecule has 1 aromatic carbocycles. The molecule has 0 saturated carbocycles. The minimum absolute atomic E-state index is 0.00531. The highest BCUT2D eigenvalue weighted by atomic mass is 16.6. The summed E-state index contributed by atoms with van der Waals surface area (Å²) in [7, 11) is 0. The molecule has 6 heteroatoms. The first-order chi connectivity index (χ1) is 10.5. The molecule has 2 heterocycles. The van der Waals surface area contributed by atoms with Crippen molar-refractivity contribution in [2.24, 2.45) is 5.92 Å². The second-order valence-corrected chi connectivity index (χ2v) is 5.90. The molecule has 1 fully saturated rings. The molecular weight excluding hydrogens is 284 g/mol. The Kier molecular flexibility index (Phi) is 3.92. The van der Waals surface area contributed by atoms with Gasteiger partial charge in [-0.1, -0.05) is 13.8 Å². The number of nitrogens with zero attached hydrogens (tertiary/aromatic N) is 1. The maximum absolute atomic E-state index is 12.2. The number of carbonyl (C=O) groups is 2. The zero-order chi connectivity index (χ0) is 15.7. The van der Waals surface area contributed by atoms with Crippen LogP contribution in [0.25, 0.3) is 0 Å². The molecule has 0 radical (unpaired) electrons. The number of amides is 2. The Morgan fingerprint density at radius 1 is 1.27 bits per heavy atom. The number of carbonyl (C=O) groups excluding carboxylic acids is 2. The lowest BCUT2D eigenvalue weighted by atomic mass is 10.2. The molecule has 0 unspecified atom stereocenters. The Bertz CT molecular complexity index is 600. The molecule has 0 bridgehead atoms. The lowest BCUT2D eigenvalue weighted by Crippen LogP contribution is -2.39. The maximum atomic E-state index is 12.2. The monoisotopic (exact) mass is 304 g/mol. The van der Waals surface area contributed by atoms with Gasteiger partial charge >= 0.3 is 0 Å². The molecule has 2 amide bonds. The van der Waals surface area contributed by atoms with Gasteiger partial charge in [0.15, 0.2) is 11.5 Å². The van der Waals surface area contributed by atoms with E-state index in [0.717, 1.165) is 5.69 Å². The van der Waals surface area contributed by atoms with Crippen molar-refractivity contribution < 1.29 is 19.1 Å². The summed E-state index contributed by atoms with van der Waals surface area (Å²) in [6, 6.07) is 5.34. The number of hydrogen-bond donors (Lipinski definition) is 1. The summed E-state index contributed by atoms with van der Waals surface area (Å²) in [5.74, 6) is 1.25. The lowest BCUT2D eigenvalue weighted by Gasteiger charge is -2.22. The second kappa shape index (κ2) is 5.87. The van der Waals surface area contributed by atoms with Crippen molar-refractivity contribution in [3.8, 4) is 11.5 Å². The van der Waals surface area contributed by atoms with Crippen LogP contribution in [0.4, 0.5) is 5.69 Å². The highest BCUT2D eigenvalue weighted by molar-refractivity contribution is 5.97. The number of anilines is 1. The van der Waals surface area contributed by atoms with E-state index in [1.807, 2.05) is 32.0 Å². The Balaban J connectivity index is 1.72. The highest BCUT2D eigenvalue weighted by Crippen LogP contribution is 2.35. The molecule has 118 valence electrons. The van der Waals surface area contributed by atoms with Gasteiger partial charge in [0, 0.05) is 30.6 Å². The van der Waals surface area contributed by atoms with Crippen LogP contribution in [0.3, 0.4) is 0 Å². The van der Waals surface area contributed by atoms with Crippen LogP contribution in [-0.4, -0.2) is 37.6 Å². The molecule has 0 spiro atoms. The third-order valence-corrected chi connectivity index (χ3v) is 3.83. The van der Waals surface area contributed by atoms with Gasteiger partial charge in [0.1, 0.15) is 13.2 Å². The van der Waals surface area contributed by atoms with E-state index in [1.165, 1.54) is 0 Å². The third-order valence-electron chi connectivity index (χ3n) is 3.83. The van der Waals surface area contributed by atoms with Crippen LogP contribution in [0.1, 0.15) is 20.3 Å². The van der Waals surface area contributed by atoms with E-state index in [0.29, 0.717) is 37.7 Å². The van der Waals surface area contributed by atoms with Gasteiger partial charge in [0.05, 0.1) is 6.04 Å². The smallest absolute Gasteiger partial charge is 0.229 e. The van der Waals surface area contributed by atoms with E-state index in [2.05, 4.69) is 5.32 Å². The molecule has 0 aliphatic carbocycles. The van der Waals surface area contributed by atoms with Gasteiger partial charge in [0.2, 0.25) is 11.8 Å². The Labute approximate surface area is 129 Å². The van der Waals surface area contributed by atoms with E-state index in [1.54, 1.807) is 4.90 Å². The number of nitrogens with one attached hydrogen (secondary N) is 1. The molecule has 1 N–H and O–H groups in total. The fourth-order valence-electron chi connectivity index (χ4n) is 2.62. The predicted molar refractivity (Wildman–Crippen MR) is 81.2 cm³/mol. The minimum atomic E-state index is -0.143. The summed E-state index contributed by atoms with van der Waals surface area (Å²) in [6.45, 7) is 5.21. The van der Waals surface area contributed by atoms with Crippen molar-refractivity contribution in [1.82, 2.24) is 5.32 Å². The first kappa shape index (κ1) is 14.7. The molecule has 1 saturated heterocycles. The van der Waals surface area contributed by atoms with Gasteiger partial charge in [0.25, 0.3) is 0 Å². The van der Waals surface area contributed by atoms with Crippen LogP contribution >= 0.6 is 0 Å². The number of rotatable bonds is 3. The largest absolute Gasteiger partial charge is 0.486 e.